The molecule has 17 heavy (non-hydrogen) atoms. The number of hydrogen-bond donors (Lipinski definition) is 0. The molecule has 0 saturated carbocycles. The molecule has 3 nitrogen and oxygen atoms in total. The Hall–Kier alpha value is -1.58. The van der Waals surface area contributed by atoms with Crippen LogP contribution in [0.1, 0.15) is 0 Å². The monoisotopic (exact) mass is 264 g/mol. The molecule has 0 aliphatic carbocycles. The molecule has 0 aliphatic heterocycles. The molecule has 3 rings (SSSR count). The molecule has 0 N–H and O–H groups in total. The molecule has 0 fully saturated rings. The van der Waals surface area contributed by atoms with Gasteiger partial charge in [0.25, 0.3) is 0 Å². The summed E-state index contributed by atoms with van der Waals surface area (Å²) in [7, 11) is 0. The zero-order chi connectivity index (χ0) is 11.8. The predicted octanol–water partition coefficient (Wildman–Crippen LogP) is 4.20. The minimum Gasteiger partial charge on any atom is -0.453 e. The van der Waals surface area contributed by atoms with E-state index in [-0.39, 0.29) is 0 Å². The highest BCUT2D eigenvalue weighted by atomic mass is 35.5. The highest BCUT2D eigenvalue weighted by Gasteiger charge is 2.09. The lowest BCUT2D eigenvalue weighted by atomic mass is 10.2. The molecule has 3 aromatic rings. The summed E-state index contributed by atoms with van der Waals surface area (Å²) in [5, 5.41) is 9.59. The van der Waals surface area contributed by atoms with Crippen molar-refractivity contribution in [3.8, 4) is 11.5 Å². The number of fused-ring (bicyclic) bond motifs is 1. The van der Waals surface area contributed by atoms with E-state index in [9.17, 15) is 0 Å². The first kappa shape index (κ1) is 10.6. The maximum atomic E-state index is 6.03. The molecule has 0 bridgehead atoms. The maximum Gasteiger partial charge on any atom is 0.155 e. The average Bonchev–Trinajstić information content (AvgIpc) is 2.75. The average molecular weight is 265 g/mol. The van der Waals surface area contributed by atoms with E-state index >= 15 is 0 Å². The van der Waals surface area contributed by atoms with Crippen LogP contribution < -0.4 is 0 Å². The third-order valence-electron chi connectivity index (χ3n) is 2.38. The van der Waals surface area contributed by atoms with E-state index in [1.54, 1.807) is 18.2 Å². The van der Waals surface area contributed by atoms with E-state index in [0.29, 0.717) is 27.2 Å². The van der Waals surface area contributed by atoms with Gasteiger partial charge < -0.3 is 4.42 Å². The Kier molecular flexibility index (Phi) is 2.50. The summed E-state index contributed by atoms with van der Waals surface area (Å²) in [6.07, 6.45) is 0. The number of hydrogen-bond acceptors (Lipinski definition) is 3. The summed E-state index contributed by atoms with van der Waals surface area (Å²) in [6, 6.07) is 10.9. The zero-order valence-electron chi connectivity index (χ0n) is 8.52. The number of nitrogens with zero attached hydrogens (tertiary/aromatic N) is 2. The summed E-state index contributed by atoms with van der Waals surface area (Å²) in [5.74, 6) is 0.622. The number of furan rings is 1. The van der Waals surface area contributed by atoms with Crippen LogP contribution in [-0.2, 0) is 0 Å². The molecular weight excluding hydrogens is 259 g/mol. The summed E-state index contributed by atoms with van der Waals surface area (Å²) in [5.41, 5.74) is 1.28. The lowest BCUT2D eigenvalue weighted by Crippen LogP contribution is -1.84. The molecule has 5 heteroatoms. The Labute approximate surface area is 107 Å². The fourth-order valence-electron chi connectivity index (χ4n) is 1.60. The Bertz CT molecular complexity index is 677. The molecule has 0 unspecified atom stereocenters. The molecule has 0 amide bonds. The van der Waals surface area contributed by atoms with Gasteiger partial charge in [-0.05, 0) is 24.3 Å². The van der Waals surface area contributed by atoms with E-state index in [2.05, 4.69) is 10.2 Å². The molecule has 0 atom stereocenters. The van der Waals surface area contributed by atoms with E-state index in [1.807, 2.05) is 18.2 Å². The highest BCUT2D eigenvalue weighted by molar-refractivity contribution is 6.34. The fraction of sp³-hybridized carbons (Fsp3) is 0. The Morgan fingerprint density at radius 2 is 1.88 bits per heavy atom. The minimum atomic E-state index is 0.350. The van der Waals surface area contributed by atoms with Crippen molar-refractivity contribution in [2.45, 2.75) is 0 Å². The standard InChI is InChI=1S/C12H6Cl2N2O/c13-8-3-1-2-7-6-10(17-12(7)8)9-4-5-11(14)16-15-9/h1-6H. The zero-order valence-corrected chi connectivity index (χ0v) is 10.0. The van der Waals surface area contributed by atoms with Crippen molar-refractivity contribution in [2.75, 3.05) is 0 Å². The quantitative estimate of drug-likeness (QED) is 0.662. The van der Waals surface area contributed by atoms with Gasteiger partial charge in [-0.15, -0.1) is 10.2 Å². The molecule has 2 aromatic heterocycles. The van der Waals surface area contributed by atoms with Gasteiger partial charge in [0.05, 0.1) is 5.02 Å². The number of benzene rings is 1. The number of halogens is 2. The molecule has 1 aromatic carbocycles. The van der Waals surface area contributed by atoms with Crippen LogP contribution in [0.25, 0.3) is 22.4 Å². The molecule has 0 aliphatic rings. The molecule has 2 heterocycles. The van der Waals surface area contributed by atoms with Gasteiger partial charge >= 0.3 is 0 Å². The summed E-state index contributed by atoms with van der Waals surface area (Å²) < 4.78 is 5.65. The van der Waals surface area contributed by atoms with Gasteiger partial charge in [-0.3, -0.25) is 0 Å². The minimum absolute atomic E-state index is 0.350. The number of para-hydroxylation sites is 1. The van der Waals surface area contributed by atoms with Crippen LogP contribution in [0.15, 0.2) is 40.8 Å². The van der Waals surface area contributed by atoms with Gasteiger partial charge in [0.15, 0.2) is 16.5 Å². The van der Waals surface area contributed by atoms with Crippen LogP contribution in [0, 0.1) is 0 Å². The predicted molar refractivity (Wildman–Crippen MR) is 67.3 cm³/mol. The van der Waals surface area contributed by atoms with Crippen molar-refractivity contribution in [1.29, 1.82) is 0 Å². The smallest absolute Gasteiger partial charge is 0.155 e. The van der Waals surface area contributed by atoms with E-state index < -0.39 is 0 Å². The third-order valence-corrected chi connectivity index (χ3v) is 2.88. The number of rotatable bonds is 1. The second-order valence-electron chi connectivity index (χ2n) is 3.51. The first-order valence-electron chi connectivity index (χ1n) is 4.92. The van der Waals surface area contributed by atoms with Gasteiger partial charge in [0.2, 0.25) is 0 Å². The van der Waals surface area contributed by atoms with Crippen LogP contribution >= 0.6 is 23.2 Å². The summed E-state index contributed by atoms with van der Waals surface area (Å²) in [6.45, 7) is 0. The number of aromatic nitrogens is 2. The van der Waals surface area contributed by atoms with E-state index in [0.717, 1.165) is 5.39 Å². The first-order chi connectivity index (χ1) is 8.24. The van der Waals surface area contributed by atoms with E-state index in [4.69, 9.17) is 27.6 Å². The molecular formula is C12H6Cl2N2O. The lowest BCUT2D eigenvalue weighted by molar-refractivity contribution is 0.627. The van der Waals surface area contributed by atoms with Crippen LogP contribution in [-0.4, -0.2) is 10.2 Å². The van der Waals surface area contributed by atoms with Crippen LogP contribution in [0.5, 0.6) is 0 Å². The van der Waals surface area contributed by atoms with Gasteiger partial charge in [-0.2, -0.15) is 0 Å². The summed E-state index contributed by atoms with van der Waals surface area (Å²) in [4.78, 5) is 0. The van der Waals surface area contributed by atoms with Crippen molar-refractivity contribution in [1.82, 2.24) is 10.2 Å². The highest BCUT2D eigenvalue weighted by Crippen LogP contribution is 2.30. The molecule has 0 radical (unpaired) electrons. The van der Waals surface area contributed by atoms with Gasteiger partial charge in [0.1, 0.15) is 5.69 Å². The van der Waals surface area contributed by atoms with Crippen LogP contribution in [0.4, 0.5) is 0 Å². The Morgan fingerprint density at radius 1 is 1.00 bits per heavy atom. The SMILES string of the molecule is Clc1ccc(-c2cc3cccc(Cl)c3o2)nn1. The maximum absolute atomic E-state index is 6.03. The second-order valence-corrected chi connectivity index (χ2v) is 4.30. The van der Waals surface area contributed by atoms with Crippen LogP contribution in [0.2, 0.25) is 10.2 Å². The Balaban J connectivity index is 2.18. The molecule has 0 spiro atoms. The van der Waals surface area contributed by atoms with Crippen LogP contribution in [0.3, 0.4) is 0 Å². The van der Waals surface area contributed by atoms with Crippen molar-refractivity contribution in [3.05, 3.63) is 46.6 Å². The Morgan fingerprint density at radius 3 is 2.59 bits per heavy atom. The largest absolute Gasteiger partial charge is 0.453 e. The van der Waals surface area contributed by atoms with E-state index in [1.165, 1.54) is 0 Å². The normalized spacial score (nSPS) is 10.9. The van der Waals surface area contributed by atoms with Crippen molar-refractivity contribution < 1.29 is 4.42 Å². The first-order valence-corrected chi connectivity index (χ1v) is 5.67. The fourth-order valence-corrected chi connectivity index (χ4v) is 1.92. The lowest BCUT2D eigenvalue weighted by Gasteiger charge is -1.93. The van der Waals surface area contributed by atoms with Crippen molar-refractivity contribution in [2.24, 2.45) is 0 Å². The van der Waals surface area contributed by atoms with Crippen molar-refractivity contribution in [3.63, 3.8) is 0 Å². The molecule has 84 valence electrons. The second kappa shape index (κ2) is 4.02. The van der Waals surface area contributed by atoms with Gasteiger partial charge in [0, 0.05) is 5.39 Å². The molecule has 0 saturated heterocycles. The summed E-state index contributed by atoms with van der Waals surface area (Å²) >= 11 is 11.7. The topological polar surface area (TPSA) is 38.9 Å². The van der Waals surface area contributed by atoms with Gasteiger partial charge in [-0.25, -0.2) is 0 Å². The third kappa shape index (κ3) is 1.88. The van der Waals surface area contributed by atoms with Crippen molar-refractivity contribution >= 4 is 34.2 Å². The van der Waals surface area contributed by atoms with Gasteiger partial charge in [-0.1, -0.05) is 35.3 Å².